The third kappa shape index (κ3) is 3.65. The molecule has 1 aliphatic rings. The van der Waals surface area contributed by atoms with Crippen molar-refractivity contribution >= 4 is 0 Å². The lowest BCUT2D eigenvalue weighted by Gasteiger charge is -2.34. The van der Waals surface area contributed by atoms with Crippen LogP contribution in [0.3, 0.4) is 0 Å². The smallest absolute Gasteiger partial charge is 0.306 e. The first-order valence-electron chi connectivity index (χ1n) is 6.18. The lowest BCUT2D eigenvalue weighted by atomic mass is 9.88. The lowest BCUT2D eigenvalue weighted by molar-refractivity contribution is -0.137. The van der Waals surface area contributed by atoms with Crippen LogP contribution in [0.1, 0.15) is 24.1 Å². The van der Waals surface area contributed by atoms with Crippen molar-refractivity contribution in [1.82, 2.24) is 9.88 Å². The summed E-state index contributed by atoms with van der Waals surface area (Å²) in [4.78, 5) is 5.87. The third-order valence-corrected chi connectivity index (χ3v) is 3.52. The second-order valence-electron chi connectivity index (χ2n) is 5.16. The largest absolute Gasteiger partial charge is 0.416 e. The minimum Gasteiger partial charge on any atom is -0.306 e. The van der Waals surface area contributed by atoms with Gasteiger partial charge < -0.3 is 4.90 Å². The van der Waals surface area contributed by atoms with E-state index < -0.39 is 17.4 Å². The number of rotatable bonds is 2. The summed E-state index contributed by atoms with van der Waals surface area (Å²) in [6, 6.07) is 1.85. The van der Waals surface area contributed by atoms with Gasteiger partial charge in [-0.2, -0.15) is 13.2 Å². The van der Waals surface area contributed by atoms with E-state index in [1.807, 2.05) is 11.9 Å². The van der Waals surface area contributed by atoms with Gasteiger partial charge in [-0.05, 0) is 32.0 Å². The predicted molar refractivity (Wildman–Crippen MR) is 63.5 cm³/mol. The fraction of sp³-hybridized carbons (Fsp3) is 0.615. The Labute approximate surface area is 109 Å². The van der Waals surface area contributed by atoms with Gasteiger partial charge in [0, 0.05) is 31.4 Å². The number of halogens is 4. The van der Waals surface area contributed by atoms with Crippen LogP contribution < -0.4 is 0 Å². The molecule has 2 heterocycles. The normalized spacial score (nSPS) is 20.5. The number of piperidine rings is 1. The fourth-order valence-electron chi connectivity index (χ4n) is 2.27. The van der Waals surface area contributed by atoms with E-state index in [0.717, 1.165) is 18.3 Å². The first-order valence-corrected chi connectivity index (χ1v) is 6.18. The van der Waals surface area contributed by atoms with Gasteiger partial charge in [-0.1, -0.05) is 0 Å². The Bertz CT molecular complexity index is 437. The molecule has 106 valence electrons. The Morgan fingerprint density at radius 3 is 2.53 bits per heavy atom. The van der Waals surface area contributed by atoms with Crippen molar-refractivity contribution in [3.05, 3.63) is 29.6 Å². The van der Waals surface area contributed by atoms with Crippen molar-refractivity contribution < 1.29 is 17.6 Å². The van der Waals surface area contributed by atoms with E-state index in [9.17, 15) is 17.6 Å². The second-order valence-corrected chi connectivity index (χ2v) is 5.16. The Balaban J connectivity index is 2.11. The number of alkyl halides is 4. The molecule has 0 N–H and O–H groups in total. The summed E-state index contributed by atoms with van der Waals surface area (Å²) < 4.78 is 52.2. The molecule has 0 bridgehead atoms. The molecule has 0 unspecified atom stereocenters. The van der Waals surface area contributed by atoms with Gasteiger partial charge >= 0.3 is 6.18 Å². The molecule has 1 aliphatic heterocycles. The van der Waals surface area contributed by atoms with Crippen LogP contribution in [0, 0.1) is 0 Å². The maximum atomic E-state index is 14.5. The summed E-state index contributed by atoms with van der Waals surface area (Å²) in [5.41, 5.74) is -2.04. The van der Waals surface area contributed by atoms with Gasteiger partial charge in [0.05, 0.1) is 5.56 Å². The molecule has 0 amide bonds. The number of hydrogen-bond donors (Lipinski definition) is 0. The van der Waals surface area contributed by atoms with Crippen LogP contribution in [0.4, 0.5) is 17.6 Å². The highest BCUT2D eigenvalue weighted by atomic mass is 19.4. The van der Waals surface area contributed by atoms with Gasteiger partial charge in [0.2, 0.25) is 0 Å². The minimum atomic E-state index is -4.41. The van der Waals surface area contributed by atoms with Gasteiger partial charge in [-0.15, -0.1) is 0 Å². The molecule has 6 heteroatoms. The average Bonchev–Trinajstić information content (AvgIpc) is 2.33. The molecule has 1 aromatic heterocycles. The maximum absolute atomic E-state index is 14.5. The van der Waals surface area contributed by atoms with Gasteiger partial charge in [-0.3, -0.25) is 4.98 Å². The molecule has 1 fully saturated rings. The van der Waals surface area contributed by atoms with Crippen molar-refractivity contribution in [1.29, 1.82) is 0 Å². The minimum absolute atomic E-state index is 0.0508. The summed E-state index contributed by atoms with van der Waals surface area (Å²) in [5, 5.41) is 0. The number of pyridine rings is 1. The zero-order valence-corrected chi connectivity index (χ0v) is 10.7. The summed E-state index contributed by atoms with van der Waals surface area (Å²) in [7, 11) is 1.90. The van der Waals surface area contributed by atoms with Crippen LogP contribution in [-0.4, -0.2) is 35.7 Å². The molecule has 1 aromatic rings. The molecule has 0 spiro atoms. The number of likely N-dealkylation sites (tertiary alicyclic amines) is 1. The van der Waals surface area contributed by atoms with Crippen molar-refractivity contribution in [2.24, 2.45) is 0 Å². The summed E-state index contributed by atoms with van der Waals surface area (Å²) in [6.45, 7) is 1.24. The first-order chi connectivity index (χ1) is 8.78. The van der Waals surface area contributed by atoms with Crippen molar-refractivity contribution in [3.8, 4) is 0 Å². The van der Waals surface area contributed by atoms with E-state index in [2.05, 4.69) is 4.98 Å². The number of aromatic nitrogens is 1. The molecule has 1 saturated heterocycles. The van der Waals surface area contributed by atoms with E-state index in [1.54, 1.807) is 0 Å². The van der Waals surface area contributed by atoms with Crippen molar-refractivity contribution in [2.45, 2.75) is 31.1 Å². The van der Waals surface area contributed by atoms with Crippen LogP contribution in [0.25, 0.3) is 0 Å². The molecular formula is C13H16F4N2. The van der Waals surface area contributed by atoms with Crippen molar-refractivity contribution in [3.63, 3.8) is 0 Å². The number of nitrogens with zero attached hydrogens (tertiary/aromatic N) is 2. The highest BCUT2D eigenvalue weighted by Gasteiger charge is 2.35. The Hall–Kier alpha value is -1.17. The molecule has 0 aromatic carbocycles. The monoisotopic (exact) mass is 276 g/mol. The number of hydrogen-bond acceptors (Lipinski definition) is 2. The van der Waals surface area contributed by atoms with Gasteiger partial charge in [0.15, 0.2) is 0 Å². The standard InChI is InChI=1S/C13H16F4N2/c1-19-6-3-12(14,4-7-19)9-11-8-10(2-5-18-11)13(15,16)17/h2,5,8H,3-4,6-7,9H2,1H3. The molecular weight excluding hydrogens is 260 g/mol. The molecule has 0 radical (unpaired) electrons. The van der Waals surface area contributed by atoms with Crippen LogP contribution in [0.2, 0.25) is 0 Å². The Morgan fingerprint density at radius 2 is 1.95 bits per heavy atom. The zero-order chi connectivity index (χ0) is 14.1. The van der Waals surface area contributed by atoms with E-state index in [-0.39, 0.29) is 12.1 Å². The topological polar surface area (TPSA) is 16.1 Å². The van der Waals surface area contributed by atoms with Crippen LogP contribution in [0.15, 0.2) is 18.3 Å². The Morgan fingerprint density at radius 1 is 1.32 bits per heavy atom. The van der Waals surface area contributed by atoms with Crippen LogP contribution in [0.5, 0.6) is 0 Å². The van der Waals surface area contributed by atoms with Crippen molar-refractivity contribution in [2.75, 3.05) is 20.1 Å². The molecule has 0 saturated carbocycles. The summed E-state index contributed by atoms with van der Waals surface area (Å²) in [6.07, 6.45) is -2.70. The molecule has 0 aliphatic carbocycles. The third-order valence-electron chi connectivity index (χ3n) is 3.52. The Kier molecular flexibility index (Phi) is 3.80. The van der Waals surface area contributed by atoms with E-state index in [4.69, 9.17) is 0 Å². The van der Waals surface area contributed by atoms with Crippen LogP contribution in [-0.2, 0) is 12.6 Å². The lowest BCUT2D eigenvalue weighted by Crippen LogP contribution is -2.41. The van der Waals surface area contributed by atoms with E-state index in [0.29, 0.717) is 25.9 Å². The summed E-state index contributed by atoms with van der Waals surface area (Å²) in [5.74, 6) is 0. The molecule has 2 rings (SSSR count). The van der Waals surface area contributed by atoms with E-state index in [1.165, 1.54) is 0 Å². The van der Waals surface area contributed by atoms with Gasteiger partial charge in [0.1, 0.15) is 5.67 Å². The van der Waals surface area contributed by atoms with E-state index >= 15 is 0 Å². The average molecular weight is 276 g/mol. The molecule has 2 nitrogen and oxygen atoms in total. The SMILES string of the molecule is CN1CCC(F)(Cc2cc(C(F)(F)F)ccn2)CC1. The maximum Gasteiger partial charge on any atom is 0.416 e. The fourth-order valence-corrected chi connectivity index (χ4v) is 2.27. The van der Waals surface area contributed by atoms with Crippen LogP contribution >= 0.6 is 0 Å². The quantitative estimate of drug-likeness (QED) is 0.772. The zero-order valence-electron chi connectivity index (χ0n) is 10.7. The first kappa shape index (κ1) is 14.2. The molecule has 0 atom stereocenters. The highest BCUT2D eigenvalue weighted by molar-refractivity contribution is 5.20. The highest BCUT2D eigenvalue weighted by Crippen LogP contribution is 2.32. The molecule has 19 heavy (non-hydrogen) atoms. The second kappa shape index (κ2) is 5.07. The van der Waals surface area contributed by atoms with Gasteiger partial charge in [-0.25, -0.2) is 4.39 Å². The van der Waals surface area contributed by atoms with Gasteiger partial charge in [0.25, 0.3) is 0 Å². The summed E-state index contributed by atoms with van der Waals surface area (Å²) >= 11 is 0. The predicted octanol–water partition coefficient (Wildman–Crippen LogP) is 3.08.